The fraction of sp³-hybridized carbons (Fsp3) is 0. The molecule has 0 bridgehead atoms. The molecule has 0 aromatic carbocycles. The predicted octanol–water partition coefficient (Wildman–Crippen LogP) is 0.624. The maximum Gasteiger partial charge on any atom is 0 e. The third-order valence-electron chi connectivity index (χ3n) is 0. The zero-order valence-electron chi connectivity index (χ0n) is 2.44. The Balaban J connectivity index is 0. The van der Waals surface area contributed by atoms with Gasteiger partial charge in [0.25, 0.3) is 0 Å². The van der Waals surface area contributed by atoms with Gasteiger partial charge in [-0.1, -0.05) is 12.4 Å². The van der Waals surface area contributed by atoms with Gasteiger partial charge in [0, 0.05) is 8.41 Å². The third kappa shape index (κ3) is 61.8. The summed E-state index contributed by atoms with van der Waals surface area (Å²) in [4.78, 5) is 0. The molecular formula is C2H5BP. The second kappa shape index (κ2) is 10.6. The summed E-state index contributed by atoms with van der Waals surface area (Å²) in [6, 6.07) is 0. The molecule has 0 fully saturated rings. The van der Waals surface area contributed by atoms with Crippen LogP contribution in [0.5, 0.6) is 0 Å². The summed E-state index contributed by atoms with van der Waals surface area (Å²) < 4.78 is 0. The maximum atomic E-state index is 3.32. The molecule has 0 aromatic rings. The molecule has 1 atom stereocenters. The molecule has 1 unspecified atom stereocenters. The van der Waals surface area contributed by atoms with E-state index in [1.165, 1.54) is 0 Å². The third-order valence-corrected chi connectivity index (χ3v) is 0. The van der Waals surface area contributed by atoms with Crippen LogP contribution in [0.4, 0.5) is 0 Å². The molecule has 0 N–H and O–H groups in total. The van der Waals surface area contributed by atoms with Crippen LogP contribution in [0.2, 0.25) is 0 Å². The SMILES string of the molecule is C=CP.[B]. The Hall–Kier alpha value is 0.235. The minimum absolute atomic E-state index is 0. The lowest BCUT2D eigenvalue weighted by Crippen LogP contribution is -0.892. The highest BCUT2D eigenvalue weighted by molar-refractivity contribution is 7.20. The van der Waals surface area contributed by atoms with E-state index in [1.807, 2.05) is 0 Å². The average Bonchev–Trinajstić information content (AvgIpc) is 0.918. The molecule has 0 aromatic heterocycles. The van der Waals surface area contributed by atoms with Gasteiger partial charge in [0.05, 0.1) is 0 Å². The lowest BCUT2D eigenvalue weighted by atomic mass is 10.8. The van der Waals surface area contributed by atoms with Crippen LogP contribution in [0.3, 0.4) is 0 Å². The predicted molar refractivity (Wildman–Crippen MR) is 25.7 cm³/mol. The standard InChI is InChI=1S/C2H5P.B/c1-2-3;/h2H,1,3H2;. The van der Waals surface area contributed by atoms with Crippen molar-refractivity contribution in [3.05, 3.63) is 12.4 Å². The molecule has 0 aliphatic heterocycles. The second-order valence-electron chi connectivity index (χ2n) is 0.236. The highest BCUT2D eigenvalue weighted by Crippen LogP contribution is 1.69. The summed E-state index contributed by atoms with van der Waals surface area (Å²) in [7, 11) is 2.34. The first-order chi connectivity index (χ1) is 1.41. The van der Waals surface area contributed by atoms with E-state index in [1.54, 1.807) is 5.82 Å². The Morgan fingerprint density at radius 2 is 1.75 bits per heavy atom. The summed E-state index contributed by atoms with van der Waals surface area (Å²) in [6.07, 6.45) is 0. The zero-order valence-corrected chi connectivity index (χ0v) is 3.59. The average molecular weight is 70.8 g/mol. The van der Waals surface area contributed by atoms with E-state index in [4.69, 9.17) is 0 Å². The normalized spacial score (nSPS) is 3.25. The van der Waals surface area contributed by atoms with Gasteiger partial charge in [0.2, 0.25) is 0 Å². The molecule has 2 heteroatoms. The number of rotatable bonds is 0. The van der Waals surface area contributed by atoms with E-state index in [2.05, 4.69) is 15.8 Å². The smallest absolute Gasteiger partial charge is 0 e. The molecule has 4 heavy (non-hydrogen) atoms. The van der Waals surface area contributed by atoms with Gasteiger partial charge in [0.1, 0.15) is 0 Å². The Kier molecular flexibility index (Phi) is 23.5. The topological polar surface area (TPSA) is 0 Å². The van der Waals surface area contributed by atoms with Crippen LogP contribution in [0.25, 0.3) is 0 Å². The van der Waals surface area contributed by atoms with Crippen molar-refractivity contribution in [2.45, 2.75) is 0 Å². The Bertz CT molecular complexity index is 13.5. The largest absolute Gasteiger partial charge is 0.114 e. The van der Waals surface area contributed by atoms with Crippen LogP contribution in [-0.2, 0) is 0 Å². The molecule has 3 radical (unpaired) electrons. The molecule has 0 saturated heterocycles. The van der Waals surface area contributed by atoms with Crippen LogP contribution in [0.1, 0.15) is 0 Å². The van der Waals surface area contributed by atoms with Gasteiger partial charge in [-0.2, -0.15) is 0 Å². The van der Waals surface area contributed by atoms with E-state index in [0.717, 1.165) is 0 Å². The summed E-state index contributed by atoms with van der Waals surface area (Å²) in [5, 5.41) is 0. The van der Waals surface area contributed by atoms with E-state index < -0.39 is 0 Å². The molecular weight excluding hydrogens is 65.8 g/mol. The van der Waals surface area contributed by atoms with Gasteiger partial charge in [0.15, 0.2) is 0 Å². The Labute approximate surface area is 31.1 Å². The minimum Gasteiger partial charge on any atom is -0.114 e. The maximum absolute atomic E-state index is 3.32. The van der Waals surface area contributed by atoms with Gasteiger partial charge >= 0.3 is 0 Å². The molecule has 0 aliphatic rings. The van der Waals surface area contributed by atoms with Gasteiger partial charge in [-0.15, -0.1) is 9.24 Å². The monoisotopic (exact) mass is 71.0 g/mol. The lowest BCUT2D eigenvalue weighted by molar-refractivity contribution is 2.68. The zero-order chi connectivity index (χ0) is 2.71. The summed E-state index contributed by atoms with van der Waals surface area (Å²) in [5.41, 5.74) is 0. The molecule has 21 valence electrons. The van der Waals surface area contributed by atoms with Gasteiger partial charge in [-0.25, -0.2) is 0 Å². The highest BCUT2D eigenvalue weighted by atomic mass is 31.0. The van der Waals surface area contributed by atoms with Crippen molar-refractivity contribution in [3.63, 3.8) is 0 Å². The van der Waals surface area contributed by atoms with Crippen LogP contribution >= 0.6 is 9.24 Å². The number of hydrogen-bond donors (Lipinski definition) is 0. The molecule has 0 aliphatic carbocycles. The fourth-order valence-corrected chi connectivity index (χ4v) is 0. The Morgan fingerprint density at radius 1 is 1.75 bits per heavy atom. The van der Waals surface area contributed by atoms with Crippen molar-refractivity contribution in [3.8, 4) is 0 Å². The molecule has 0 nitrogen and oxygen atoms in total. The molecule has 0 spiro atoms. The van der Waals surface area contributed by atoms with E-state index in [-0.39, 0.29) is 8.41 Å². The van der Waals surface area contributed by atoms with E-state index >= 15 is 0 Å². The summed E-state index contributed by atoms with van der Waals surface area (Å²) in [5.74, 6) is 1.67. The van der Waals surface area contributed by atoms with Crippen LogP contribution in [0.15, 0.2) is 12.4 Å². The molecule has 0 saturated carbocycles. The van der Waals surface area contributed by atoms with Crippen molar-refractivity contribution in [1.82, 2.24) is 0 Å². The quantitative estimate of drug-likeness (QED) is 0.290. The van der Waals surface area contributed by atoms with E-state index in [0.29, 0.717) is 0 Å². The van der Waals surface area contributed by atoms with Crippen molar-refractivity contribution in [2.24, 2.45) is 0 Å². The minimum atomic E-state index is 0. The molecule has 0 heterocycles. The first kappa shape index (κ1) is 8.87. The van der Waals surface area contributed by atoms with Crippen molar-refractivity contribution >= 4 is 17.7 Å². The van der Waals surface area contributed by atoms with Crippen molar-refractivity contribution in [1.29, 1.82) is 0 Å². The second-order valence-corrected chi connectivity index (χ2v) is 0.707. The van der Waals surface area contributed by atoms with Crippen molar-refractivity contribution in [2.75, 3.05) is 0 Å². The summed E-state index contributed by atoms with van der Waals surface area (Å²) in [6.45, 7) is 3.32. The summed E-state index contributed by atoms with van der Waals surface area (Å²) >= 11 is 0. The number of hydrogen-bond acceptors (Lipinski definition) is 0. The van der Waals surface area contributed by atoms with E-state index in [9.17, 15) is 0 Å². The first-order valence-corrected chi connectivity index (χ1v) is 1.41. The first-order valence-electron chi connectivity index (χ1n) is 0.742. The highest BCUT2D eigenvalue weighted by Gasteiger charge is 1.13. The van der Waals surface area contributed by atoms with Crippen molar-refractivity contribution < 1.29 is 0 Å². The molecule has 0 amide bonds. The molecule has 0 rings (SSSR count). The van der Waals surface area contributed by atoms with Gasteiger partial charge < -0.3 is 0 Å². The van der Waals surface area contributed by atoms with Crippen LogP contribution in [0, 0.1) is 0 Å². The van der Waals surface area contributed by atoms with Gasteiger partial charge in [-0.05, 0) is 0 Å². The Morgan fingerprint density at radius 3 is 1.75 bits per heavy atom. The lowest BCUT2D eigenvalue weighted by Gasteiger charge is -1.32. The van der Waals surface area contributed by atoms with Gasteiger partial charge in [-0.3, -0.25) is 0 Å². The van der Waals surface area contributed by atoms with Crippen LogP contribution in [-0.4, -0.2) is 8.41 Å². The fourth-order valence-electron chi connectivity index (χ4n) is 0. The van der Waals surface area contributed by atoms with Crippen LogP contribution < -0.4 is 0 Å².